The number of aromatic nitrogens is 1. The van der Waals surface area contributed by atoms with Gasteiger partial charge in [-0.3, -0.25) is 9.69 Å². The van der Waals surface area contributed by atoms with E-state index >= 15 is 0 Å². The first-order valence-corrected chi connectivity index (χ1v) is 10.8. The number of halogens is 1. The Morgan fingerprint density at radius 2 is 1.83 bits per heavy atom. The molecule has 0 bridgehead atoms. The molecular weight excluding hydrogens is 398 g/mol. The van der Waals surface area contributed by atoms with Crippen LogP contribution in [-0.2, 0) is 11.2 Å². The number of carbonyl (C=O) groups is 1. The molecule has 1 fully saturated rings. The summed E-state index contributed by atoms with van der Waals surface area (Å²) < 4.78 is 5.79. The van der Waals surface area contributed by atoms with Crippen molar-refractivity contribution in [3.63, 3.8) is 0 Å². The van der Waals surface area contributed by atoms with Crippen LogP contribution in [0.3, 0.4) is 0 Å². The fourth-order valence-electron chi connectivity index (χ4n) is 3.92. The molecule has 0 spiro atoms. The normalized spacial score (nSPS) is 15.2. The number of nitrogens with one attached hydrogen (secondary N) is 1. The number of benzene rings is 2. The standard InChI is InChI=1S/C24H26ClN3O2/c25-20-11-5-4-10-19(20)22-17-27-24(30-22)13-12-23(29)26-16-21(28-14-6-7-15-28)18-8-2-1-3-9-18/h1-5,8-11,17,21H,6-7,12-16H2,(H,26,29)/t21-/m0/s1. The van der Waals surface area contributed by atoms with Gasteiger partial charge in [-0.2, -0.15) is 0 Å². The van der Waals surface area contributed by atoms with Gasteiger partial charge in [0.1, 0.15) is 0 Å². The van der Waals surface area contributed by atoms with Gasteiger partial charge in [0.05, 0.1) is 17.3 Å². The average Bonchev–Trinajstić information content (AvgIpc) is 3.46. The zero-order valence-corrected chi connectivity index (χ0v) is 17.6. The van der Waals surface area contributed by atoms with Crippen LogP contribution in [-0.4, -0.2) is 35.4 Å². The molecule has 1 aromatic heterocycles. The third-order valence-electron chi connectivity index (χ3n) is 5.52. The van der Waals surface area contributed by atoms with Gasteiger partial charge in [0.25, 0.3) is 0 Å². The Balaban J connectivity index is 1.32. The molecule has 0 radical (unpaired) electrons. The Morgan fingerprint density at radius 3 is 2.60 bits per heavy atom. The van der Waals surface area contributed by atoms with Crippen LogP contribution in [0.1, 0.15) is 36.8 Å². The second kappa shape index (κ2) is 9.92. The van der Waals surface area contributed by atoms with E-state index in [4.69, 9.17) is 16.0 Å². The molecule has 30 heavy (non-hydrogen) atoms. The van der Waals surface area contributed by atoms with Crippen molar-refractivity contribution in [2.75, 3.05) is 19.6 Å². The smallest absolute Gasteiger partial charge is 0.220 e. The molecule has 3 aromatic rings. The summed E-state index contributed by atoms with van der Waals surface area (Å²) in [6.45, 7) is 2.77. The minimum atomic E-state index is 0.00706. The van der Waals surface area contributed by atoms with Crippen molar-refractivity contribution in [3.8, 4) is 11.3 Å². The van der Waals surface area contributed by atoms with E-state index in [-0.39, 0.29) is 11.9 Å². The minimum absolute atomic E-state index is 0.00706. The minimum Gasteiger partial charge on any atom is -0.441 e. The molecular formula is C24H26ClN3O2. The maximum atomic E-state index is 12.5. The van der Waals surface area contributed by atoms with Crippen LogP contribution in [0.2, 0.25) is 5.02 Å². The fourth-order valence-corrected chi connectivity index (χ4v) is 4.15. The summed E-state index contributed by atoms with van der Waals surface area (Å²) >= 11 is 6.21. The first-order chi connectivity index (χ1) is 14.7. The van der Waals surface area contributed by atoms with Gasteiger partial charge in [-0.05, 0) is 43.6 Å². The Morgan fingerprint density at radius 1 is 1.10 bits per heavy atom. The number of hydrogen-bond acceptors (Lipinski definition) is 4. The van der Waals surface area contributed by atoms with Crippen molar-refractivity contribution in [2.45, 2.75) is 31.7 Å². The van der Waals surface area contributed by atoms with Gasteiger partial charge >= 0.3 is 0 Å². The lowest BCUT2D eigenvalue weighted by atomic mass is 10.1. The van der Waals surface area contributed by atoms with Crippen LogP contribution in [0.5, 0.6) is 0 Å². The Labute approximate surface area is 182 Å². The molecule has 1 N–H and O–H groups in total. The molecule has 1 amide bonds. The summed E-state index contributed by atoms with van der Waals surface area (Å²) in [6, 6.07) is 18.1. The van der Waals surface area contributed by atoms with Crippen molar-refractivity contribution < 1.29 is 9.21 Å². The van der Waals surface area contributed by atoms with E-state index in [9.17, 15) is 4.79 Å². The van der Waals surface area contributed by atoms with Crippen molar-refractivity contribution in [1.82, 2.24) is 15.2 Å². The van der Waals surface area contributed by atoms with Gasteiger partial charge in [0.15, 0.2) is 11.7 Å². The van der Waals surface area contributed by atoms with E-state index in [1.165, 1.54) is 18.4 Å². The molecule has 1 aliphatic rings. The molecule has 1 aliphatic heterocycles. The topological polar surface area (TPSA) is 58.4 Å². The molecule has 2 aromatic carbocycles. The molecule has 156 valence electrons. The molecule has 1 saturated heterocycles. The van der Waals surface area contributed by atoms with Crippen LogP contribution < -0.4 is 5.32 Å². The second-order valence-electron chi connectivity index (χ2n) is 7.57. The highest BCUT2D eigenvalue weighted by molar-refractivity contribution is 6.33. The number of oxazole rings is 1. The number of hydrogen-bond donors (Lipinski definition) is 1. The van der Waals surface area contributed by atoms with Crippen molar-refractivity contribution in [3.05, 3.63) is 77.3 Å². The predicted molar refractivity (Wildman–Crippen MR) is 118 cm³/mol. The maximum absolute atomic E-state index is 12.5. The van der Waals surface area contributed by atoms with E-state index in [1.54, 1.807) is 6.20 Å². The zero-order chi connectivity index (χ0) is 20.8. The third kappa shape index (κ3) is 5.10. The quantitative estimate of drug-likeness (QED) is 0.561. The predicted octanol–water partition coefficient (Wildman–Crippen LogP) is 4.88. The van der Waals surface area contributed by atoms with Crippen LogP contribution >= 0.6 is 11.6 Å². The van der Waals surface area contributed by atoms with Crippen molar-refractivity contribution in [2.24, 2.45) is 0 Å². The summed E-state index contributed by atoms with van der Waals surface area (Å²) in [7, 11) is 0. The van der Waals surface area contributed by atoms with Crippen molar-refractivity contribution >= 4 is 17.5 Å². The summed E-state index contributed by atoms with van der Waals surface area (Å²) in [5.74, 6) is 1.17. The van der Waals surface area contributed by atoms with E-state index in [1.807, 2.05) is 30.3 Å². The summed E-state index contributed by atoms with van der Waals surface area (Å²) in [6.07, 6.45) is 4.89. The number of rotatable bonds is 8. The van der Waals surface area contributed by atoms with Gasteiger partial charge < -0.3 is 9.73 Å². The largest absolute Gasteiger partial charge is 0.441 e. The van der Waals surface area contributed by atoms with Crippen LogP contribution in [0, 0.1) is 0 Å². The Bertz CT molecular complexity index is 967. The first kappa shape index (κ1) is 20.6. The number of nitrogens with zero attached hydrogens (tertiary/aromatic N) is 2. The van der Waals surface area contributed by atoms with E-state index < -0.39 is 0 Å². The average molecular weight is 424 g/mol. The molecule has 2 heterocycles. The summed E-state index contributed by atoms with van der Waals surface area (Å²) in [5, 5.41) is 3.72. The lowest BCUT2D eigenvalue weighted by Gasteiger charge is -2.28. The number of aryl methyl sites for hydroxylation is 1. The van der Waals surface area contributed by atoms with Gasteiger partial charge in [-0.1, -0.05) is 54.1 Å². The molecule has 5 nitrogen and oxygen atoms in total. The highest BCUT2D eigenvalue weighted by Crippen LogP contribution is 2.28. The fraction of sp³-hybridized carbons (Fsp3) is 0.333. The lowest BCUT2D eigenvalue weighted by molar-refractivity contribution is -0.121. The van der Waals surface area contributed by atoms with Gasteiger partial charge in [-0.15, -0.1) is 0 Å². The molecule has 4 rings (SSSR count). The second-order valence-corrected chi connectivity index (χ2v) is 7.98. The summed E-state index contributed by atoms with van der Waals surface area (Å²) in [4.78, 5) is 19.2. The van der Waals surface area contributed by atoms with Crippen LogP contribution in [0.15, 0.2) is 65.2 Å². The van der Waals surface area contributed by atoms with Crippen LogP contribution in [0.25, 0.3) is 11.3 Å². The highest BCUT2D eigenvalue weighted by atomic mass is 35.5. The molecule has 6 heteroatoms. The number of amides is 1. The van der Waals surface area contributed by atoms with Crippen LogP contribution in [0.4, 0.5) is 0 Å². The molecule has 0 unspecified atom stereocenters. The highest BCUT2D eigenvalue weighted by Gasteiger charge is 2.23. The van der Waals surface area contributed by atoms with Gasteiger partial charge in [0.2, 0.25) is 5.91 Å². The van der Waals surface area contributed by atoms with Gasteiger partial charge in [-0.25, -0.2) is 4.98 Å². The van der Waals surface area contributed by atoms with E-state index in [2.05, 4.69) is 39.5 Å². The third-order valence-corrected chi connectivity index (χ3v) is 5.85. The molecule has 0 saturated carbocycles. The van der Waals surface area contributed by atoms with Gasteiger partial charge in [0, 0.05) is 24.9 Å². The SMILES string of the molecule is O=C(CCc1ncc(-c2ccccc2Cl)o1)NC[C@@H](c1ccccc1)N1CCCC1. The van der Waals surface area contributed by atoms with E-state index in [0.717, 1.165) is 18.7 Å². The zero-order valence-electron chi connectivity index (χ0n) is 16.9. The number of likely N-dealkylation sites (tertiary alicyclic amines) is 1. The molecule has 1 atom stereocenters. The first-order valence-electron chi connectivity index (χ1n) is 10.5. The Hall–Kier alpha value is -2.63. The van der Waals surface area contributed by atoms with E-state index in [0.29, 0.717) is 36.1 Å². The van der Waals surface area contributed by atoms with Crippen molar-refractivity contribution in [1.29, 1.82) is 0 Å². The number of carbonyl (C=O) groups excluding carboxylic acids is 1. The monoisotopic (exact) mass is 423 g/mol. The Kier molecular flexibility index (Phi) is 6.82. The summed E-state index contributed by atoms with van der Waals surface area (Å²) in [5.41, 5.74) is 2.05. The molecule has 0 aliphatic carbocycles. The maximum Gasteiger partial charge on any atom is 0.220 e. The lowest BCUT2D eigenvalue weighted by Crippen LogP contribution is -2.36.